The maximum atomic E-state index is 10.1. The monoisotopic (exact) mass is 281 g/mol. The van der Waals surface area contributed by atoms with E-state index in [0.717, 1.165) is 16.5 Å². The summed E-state index contributed by atoms with van der Waals surface area (Å²) in [6.45, 7) is 8.04. The maximum Gasteiger partial charge on any atom is 0.199 e. The lowest BCUT2D eigenvalue weighted by Crippen LogP contribution is -2.55. The molecule has 0 saturated heterocycles. The molecule has 1 aromatic heterocycles. The van der Waals surface area contributed by atoms with E-state index in [9.17, 15) is 5.11 Å². The van der Waals surface area contributed by atoms with Gasteiger partial charge in [-0.05, 0) is 45.4 Å². The zero-order valence-corrected chi connectivity index (χ0v) is 12.5. The van der Waals surface area contributed by atoms with Crippen molar-refractivity contribution in [2.24, 2.45) is 0 Å². The van der Waals surface area contributed by atoms with Gasteiger partial charge in [0.25, 0.3) is 0 Å². The molecule has 0 saturated carbocycles. The van der Waals surface area contributed by atoms with Gasteiger partial charge in [-0.25, -0.2) is 0 Å². The molecule has 0 spiro atoms. The lowest BCUT2D eigenvalue weighted by atomic mass is 9.86. The molecule has 4 heteroatoms. The summed E-state index contributed by atoms with van der Waals surface area (Å²) < 4.78 is 5.51. The predicted molar refractivity (Wildman–Crippen MR) is 78.4 cm³/mol. The van der Waals surface area contributed by atoms with Crippen LogP contribution in [0.5, 0.6) is 0 Å². The molecule has 0 amide bonds. The van der Waals surface area contributed by atoms with Crippen LogP contribution >= 0.6 is 11.6 Å². The highest BCUT2D eigenvalue weighted by atomic mass is 35.5. The van der Waals surface area contributed by atoms with E-state index in [2.05, 4.69) is 5.32 Å². The molecule has 19 heavy (non-hydrogen) atoms. The van der Waals surface area contributed by atoms with Crippen LogP contribution in [0.2, 0.25) is 5.22 Å². The minimum absolute atomic E-state index is 0.403. The van der Waals surface area contributed by atoms with Gasteiger partial charge < -0.3 is 14.8 Å². The van der Waals surface area contributed by atoms with Crippen molar-refractivity contribution in [3.8, 4) is 0 Å². The van der Waals surface area contributed by atoms with Crippen LogP contribution in [0.4, 0.5) is 0 Å². The fraction of sp³-hybridized carbons (Fsp3) is 0.467. The van der Waals surface area contributed by atoms with Crippen molar-refractivity contribution in [3.63, 3.8) is 0 Å². The fourth-order valence-corrected chi connectivity index (χ4v) is 2.01. The van der Waals surface area contributed by atoms with Crippen LogP contribution in [0.15, 0.2) is 28.7 Å². The van der Waals surface area contributed by atoms with Crippen molar-refractivity contribution < 1.29 is 9.52 Å². The SMILES string of the molecule is CC(C)(O)C(C)(C)NCc1c(Cl)oc2ccccc12. The summed E-state index contributed by atoms with van der Waals surface area (Å²) in [5, 5.41) is 14.9. The molecule has 0 radical (unpaired) electrons. The molecule has 2 N–H and O–H groups in total. The highest BCUT2D eigenvalue weighted by Crippen LogP contribution is 2.30. The van der Waals surface area contributed by atoms with Gasteiger partial charge in [0.2, 0.25) is 0 Å². The third-order valence-electron chi connectivity index (χ3n) is 3.89. The van der Waals surface area contributed by atoms with Gasteiger partial charge in [0.15, 0.2) is 5.22 Å². The lowest BCUT2D eigenvalue weighted by Gasteiger charge is -2.38. The largest absolute Gasteiger partial charge is 0.444 e. The minimum Gasteiger partial charge on any atom is -0.444 e. The Morgan fingerprint density at radius 3 is 2.47 bits per heavy atom. The van der Waals surface area contributed by atoms with Crippen LogP contribution in [0.1, 0.15) is 33.3 Å². The average molecular weight is 282 g/mol. The van der Waals surface area contributed by atoms with Gasteiger partial charge in [-0.1, -0.05) is 18.2 Å². The maximum absolute atomic E-state index is 10.1. The summed E-state index contributed by atoms with van der Waals surface area (Å²) in [4.78, 5) is 0. The topological polar surface area (TPSA) is 45.4 Å². The highest BCUT2D eigenvalue weighted by Gasteiger charge is 2.34. The summed E-state index contributed by atoms with van der Waals surface area (Å²) in [5.41, 5.74) is 0.438. The first-order chi connectivity index (χ1) is 8.72. The van der Waals surface area contributed by atoms with Crippen molar-refractivity contribution in [2.45, 2.75) is 45.4 Å². The molecule has 0 bridgehead atoms. The molecule has 0 fully saturated rings. The number of fused-ring (bicyclic) bond motifs is 1. The molecule has 2 rings (SSSR count). The van der Waals surface area contributed by atoms with Crippen LogP contribution in [0, 0.1) is 0 Å². The number of furan rings is 1. The Morgan fingerprint density at radius 1 is 1.21 bits per heavy atom. The summed E-state index contributed by atoms with van der Waals surface area (Å²) >= 11 is 6.14. The van der Waals surface area contributed by atoms with Crippen LogP contribution in [0.3, 0.4) is 0 Å². The van der Waals surface area contributed by atoms with E-state index < -0.39 is 11.1 Å². The van der Waals surface area contributed by atoms with E-state index in [1.54, 1.807) is 13.8 Å². The molecular weight excluding hydrogens is 262 g/mol. The van der Waals surface area contributed by atoms with Gasteiger partial charge in [-0.3, -0.25) is 0 Å². The number of halogens is 1. The van der Waals surface area contributed by atoms with Crippen molar-refractivity contribution in [1.29, 1.82) is 0 Å². The lowest BCUT2D eigenvalue weighted by molar-refractivity contribution is -0.00529. The zero-order chi connectivity index (χ0) is 14.3. The van der Waals surface area contributed by atoms with E-state index >= 15 is 0 Å². The Bertz CT molecular complexity index is 581. The van der Waals surface area contributed by atoms with Crippen LogP contribution in [-0.4, -0.2) is 16.2 Å². The van der Waals surface area contributed by atoms with Gasteiger partial charge in [0.05, 0.1) is 5.60 Å². The minimum atomic E-state index is -0.834. The molecule has 0 aliphatic heterocycles. The first-order valence-electron chi connectivity index (χ1n) is 6.36. The van der Waals surface area contributed by atoms with Crippen molar-refractivity contribution in [2.75, 3.05) is 0 Å². The molecular formula is C15H20ClNO2. The molecule has 0 atom stereocenters. The molecule has 3 nitrogen and oxygen atoms in total. The van der Waals surface area contributed by atoms with Crippen LogP contribution < -0.4 is 5.32 Å². The van der Waals surface area contributed by atoms with Crippen LogP contribution in [-0.2, 0) is 6.54 Å². The second-order valence-electron chi connectivity index (χ2n) is 5.89. The number of aliphatic hydroxyl groups is 1. The molecule has 1 heterocycles. The van der Waals surface area contributed by atoms with Gasteiger partial charge in [0, 0.05) is 23.0 Å². The summed E-state index contributed by atoms with van der Waals surface area (Å²) in [7, 11) is 0. The summed E-state index contributed by atoms with van der Waals surface area (Å²) in [6, 6.07) is 7.75. The molecule has 104 valence electrons. The van der Waals surface area contributed by atoms with E-state index in [0.29, 0.717) is 11.8 Å². The molecule has 0 unspecified atom stereocenters. The standard InChI is InChI=1S/C15H20ClNO2/c1-14(2,15(3,4)18)17-9-11-10-7-5-6-8-12(10)19-13(11)16/h5-8,17-18H,9H2,1-4H3. The van der Waals surface area contributed by atoms with E-state index in [1.807, 2.05) is 38.1 Å². The average Bonchev–Trinajstić information content (AvgIpc) is 2.60. The predicted octanol–water partition coefficient (Wildman–Crippen LogP) is 3.73. The number of hydrogen-bond acceptors (Lipinski definition) is 3. The first-order valence-corrected chi connectivity index (χ1v) is 6.73. The molecule has 0 aliphatic carbocycles. The Balaban J connectivity index is 2.25. The number of rotatable bonds is 4. The Morgan fingerprint density at radius 2 is 1.84 bits per heavy atom. The summed E-state index contributed by atoms with van der Waals surface area (Å²) in [5.74, 6) is 0. The molecule has 0 aliphatic rings. The number of para-hydroxylation sites is 1. The van der Waals surface area contributed by atoms with Gasteiger partial charge >= 0.3 is 0 Å². The van der Waals surface area contributed by atoms with E-state index in [1.165, 1.54) is 0 Å². The van der Waals surface area contributed by atoms with Crippen molar-refractivity contribution in [1.82, 2.24) is 5.32 Å². The smallest absolute Gasteiger partial charge is 0.199 e. The Kier molecular flexibility index (Phi) is 3.65. The Labute approximate surface area is 118 Å². The van der Waals surface area contributed by atoms with Crippen molar-refractivity contribution in [3.05, 3.63) is 35.0 Å². The van der Waals surface area contributed by atoms with Crippen molar-refractivity contribution >= 4 is 22.6 Å². The molecule has 2 aromatic rings. The molecule has 1 aromatic carbocycles. The van der Waals surface area contributed by atoms with Gasteiger partial charge in [-0.15, -0.1) is 0 Å². The second-order valence-corrected chi connectivity index (χ2v) is 6.23. The third kappa shape index (κ3) is 2.78. The van der Waals surface area contributed by atoms with E-state index in [-0.39, 0.29) is 0 Å². The van der Waals surface area contributed by atoms with Gasteiger partial charge in [-0.2, -0.15) is 0 Å². The number of nitrogens with one attached hydrogen (secondary N) is 1. The number of benzene rings is 1. The first kappa shape index (κ1) is 14.4. The Hall–Kier alpha value is -1.03. The van der Waals surface area contributed by atoms with Crippen LogP contribution in [0.25, 0.3) is 11.0 Å². The zero-order valence-electron chi connectivity index (χ0n) is 11.7. The van der Waals surface area contributed by atoms with Gasteiger partial charge in [0.1, 0.15) is 5.58 Å². The third-order valence-corrected chi connectivity index (χ3v) is 4.19. The fourth-order valence-electron chi connectivity index (χ4n) is 1.76. The summed E-state index contributed by atoms with van der Waals surface area (Å²) in [6.07, 6.45) is 0. The normalized spacial score (nSPS) is 13.2. The van der Waals surface area contributed by atoms with E-state index in [4.69, 9.17) is 16.0 Å². The quantitative estimate of drug-likeness (QED) is 0.898. The number of hydrogen-bond donors (Lipinski definition) is 2. The second kappa shape index (κ2) is 4.82. The highest BCUT2D eigenvalue weighted by molar-refractivity contribution is 6.30.